The third kappa shape index (κ3) is 3.80. The molecule has 0 fully saturated rings. The number of nitrogens with one attached hydrogen (secondary N) is 1. The lowest BCUT2D eigenvalue weighted by Crippen LogP contribution is -2.13. The Morgan fingerprint density at radius 2 is 2.14 bits per heavy atom. The molecule has 0 bridgehead atoms. The summed E-state index contributed by atoms with van der Waals surface area (Å²) in [6.07, 6.45) is 4.75. The molecule has 0 saturated carbocycles. The van der Waals surface area contributed by atoms with E-state index in [9.17, 15) is 0 Å². The van der Waals surface area contributed by atoms with Crippen LogP contribution in [-0.2, 0) is 6.54 Å². The van der Waals surface area contributed by atoms with E-state index in [2.05, 4.69) is 29.4 Å². The first-order chi connectivity index (χ1) is 10.3. The van der Waals surface area contributed by atoms with E-state index in [1.165, 1.54) is 0 Å². The number of nitrogens with zero attached hydrogens (tertiary/aromatic N) is 2. The topological polar surface area (TPSA) is 57.9 Å². The van der Waals surface area contributed by atoms with E-state index < -0.39 is 0 Å². The molecular weight excluding hydrogens is 262 g/mol. The summed E-state index contributed by atoms with van der Waals surface area (Å²) in [5.41, 5.74) is 3.58. The molecule has 1 N–H and O–H groups in total. The number of aromatic nitrogens is 1. The van der Waals surface area contributed by atoms with Crippen molar-refractivity contribution in [1.29, 1.82) is 5.26 Å². The van der Waals surface area contributed by atoms with Gasteiger partial charge in [0.2, 0.25) is 0 Å². The van der Waals surface area contributed by atoms with Crippen LogP contribution in [-0.4, -0.2) is 18.6 Å². The van der Waals surface area contributed by atoms with Gasteiger partial charge in [0.25, 0.3) is 0 Å². The molecule has 1 aromatic carbocycles. The molecule has 0 radical (unpaired) electrons. The van der Waals surface area contributed by atoms with Crippen LogP contribution in [0.25, 0.3) is 11.1 Å². The molecule has 4 heteroatoms. The van der Waals surface area contributed by atoms with E-state index in [1.54, 1.807) is 19.4 Å². The summed E-state index contributed by atoms with van der Waals surface area (Å²) in [4.78, 5) is 4.29. The molecule has 0 saturated heterocycles. The highest BCUT2D eigenvalue weighted by molar-refractivity contribution is 5.71. The Labute approximate surface area is 125 Å². The molecule has 0 unspecified atom stereocenters. The second kappa shape index (κ2) is 7.41. The van der Waals surface area contributed by atoms with Gasteiger partial charge in [0.15, 0.2) is 0 Å². The van der Waals surface area contributed by atoms with Crippen LogP contribution in [0.4, 0.5) is 0 Å². The minimum Gasteiger partial charge on any atom is -0.496 e. The van der Waals surface area contributed by atoms with Crippen molar-refractivity contribution >= 4 is 0 Å². The molecule has 21 heavy (non-hydrogen) atoms. The summed E-state index contributed by atoms with van der Waals surface area (Å²) in [6, 6.07) is 9.63. The maximum atomic E-state index is 9.05. The molecule has 0 aliphatic heterocycles. The zero-order valence-corrected chi connectivity index (χ0v) is 12.4. The molecule has 0 amide bonds. The zero-order chi connectivity index (χ0) is 15.1. The Bertz CT molecular complexity index is 647. The van der Waals surface area contributed by atoms with Crippen molar-refractivity contribution < 1.29 is 4.74 Å². The summed E-state index contributed by atoms with van der Waals surface area (Å²) in [5, 5.41) is 12.4. The van der Waals surface area contributed by atoms with E-state index in [0.29, 0.717) is 5.56 Å². The predicted octanol–water partition coefficient (Wildman–Crippen LogP) is 3.13. The zero-order valence-electron chi connectivity index (χ0n) is 12.4. The van der Waals surface area contributed by atoms with Gasteiger partial charge >= 0.3 is 0 Å². The van der Waals surface area contributed by atoms with Gasteiger partial charge in [-0.25, -0.2) is 0 Å². The summed E-state index contributed by atoms with van der Waals surface area (Å²) in [5.74, 6) is 0.745. The van der Waals surface area contributed by atoms with Gasteiger partial charge < -0.3 is 10.1 Å². The van der Waals surface area contributed by atoms with Crippen LogP contribution in [0.5, 0.6) is 5.75 Å². The lowest BCUT2D eigenvalue weighted by Gasteiger charge is -2.10. The molecule has 0 aliphatic carbocycles. The minimum atomic E-state index is 0.611. The summed E-state index contributed by atoms with van der Waals surface area (Å²) >= 11 is 0. The van der Waals surface area contributed by atoms with E-state index in [4.69, 9.17) is 10.00 Å². The number of ether oxygens (including phenoxy) is 1. The van der Waals surface area contributed by atoms with Gasteiger partial charge in [0, 0.05) is 30.1 Å². The molecule has 2 aromatic rings. The fraction of sp³-hybridized carbons (Fsp3) is 0.294. The first kappa shape index (κ1) is 15.0. The van der Waals surface area contributed by atoms with Gasteiger partial charge in [-0.1, -0.05) is 6.92 Å². The number of methoxy groups -OCH3 is 1. The number of rotatable bonds is 6. The van der Waals surface area contributed by atoms with Gasteiger partial charge in [-0.3, -0.25) is 4.98 Å². The van der Waals surface area contributed by atoms with Crippen LogP contribution in [0, 0.1) is 11.3 Å². The number of benzene rings is 1. The maximum absolute atomic E-state index is 9.05. The van der Waals surface area contributed by atoms with Crippen LogP contribution in [0.15, 0.2) is 36.7 Å². The molecule has 2 rings (SSSR count). The highest BCUT2D eigenvalue weighted by Gasteiger charge is 2.08. The van der Waals surface area contributed by atoms with Crippen molar-refractivity contribution in [3.8, 4) is 22.9 Å². The third-order valence-corrected chi connectivity index (χ3v) is 3.19. The summed E-state index contributed by atoms with van der Waals surface area (Å²) in [6.45, 7) is 3.91. The summed E-state index contributed by atoms with van der Waals surface area (Å²) < 4.78 is 5.38. The quantitative estimate of drug-likeness (QED) is 0.826. The van der Waals surface area contributed by atoms with Crippen molar-refractivity contribution in [2.75, 3.05) is 13.7 Å². The average molecular weight is 281 g/mol. The lowest BCUT2D eigenvalue weighted by molar-refractivity contribution is 0.416. The smallest absolute Gasteiger partial charge is 0.126 e. The Kier molecular flexibility index (Phi) is 5.30. The molecule has 1 aromatic heterocycles. The Morgan fingerprint density at radius 1 is 1.29 bits per heavy atom. The van der Waals surface area contributed by atoms with Crippen LogP contribution < -0.4 is 10.1 Å². The summed E-state index contributed by atoms with van der Waals surface area (Å²) in [7, 11) is 1.63. The average Bonchev–Trinajstić information content (AvgIpc) is 2.55. The first-order valence-corrected chi connectivity index (χ1v) is 7.01. The minimum absolute atomic E-state index is 0.611. The molecule has 0 spiro atoms. The maximum Gasteiger partial charge on any atom is 0.126 e. The molecule has 1 heterocycles. The number of hydrogen-bond donors (Lipinski definition) is 1. The Balaban J connectivity index is 2.33. The van der Waals surface area contributed by atoms with Crippen LogP contribution in [0.1, 0.15) is 24.5 Å². The second-order valence-electron chi connectivity index (χ2n) is 4.79. The van der Waals surface area contributed by atoms with Gasteiger partial charge in [-0.15, -0.1) is 0 Å². The van der Waals surface area contributed by atoms with Crippen molar-refractivity contribution in [2.24, 2.45) is 0 Å². The number of pyridine rings is 1. The van der Waals surface area contributed by atoms with Gasteiger partial charge in [0.1, 0.15) is 5.75 Å². The van der Waals surface area contributed by atoms with E-state index in [-0.39, 0.29) is 0 Å². The Morgan fingerprint density at radius 3 is 2.86 bits per heavy atom. The fourth-order valence-corrected chi connectivity index (χ4v) is 2.14. The number of nitriles is 1. The van der Waals surface area contributed by atoms with Crippen LogP contribution >= 0.6 is 0 Å². The lowest BCUT2D eigenvalue weighted by atomic mass is 10.0. The third-order valence-electron chi connectivity index (χ3n) is 3.19. The van der Waals surface area contributed by atoms with Crippen molar-refractivity contribution in [1.82, 2.24) is 10.3 Å². The molecular formula is C17H19N3O. The van der Waals surface area contributed by atoms with Crippen LogP contribution in [0.3, 0.4) is 0 Å². The fourth-order valence-electron chi connectivity index (χ4n) is 2.14. The van der Waals surface area contributed by atoms with Crippen molar-refractivity contribution in [2.45, 2.75) is 19.9 Å². The highest BCUT2D eigenvalue weighted by Crippen LogP contribution is 2.30. The monoisotopic (exact) mass is 281 g/mol. The van der Waals surface area contributed by atoms with Crippen molar-refractivity contribution in [3.05, 3.63) is 47.8 Å². The Hall–Kier alpha value is -2.38. The van der Waals surface area contributed by atoms with E-state index >= 15 is 0 Å². The van der Waals surface area contributed by atoms with Crippen molar-refractivity contribution in [3.63, 3.8) is 0 Å². The molecule has 4 nitrogen and oxygen atoms in total. The van der Waals surface area contributed by atoms with E-state index in [1.807, 2.05) is 18.3 Å². The molecule has 0 atom stereocenters. The first-order valence-electron chi connectivity index (χ1n) is 7.01. The van der Waals surface area contributed by atoms with Crippen LogP contribution in [0.2, 0.25) is 0 Å². The van der Waals surface area contributed by atoms with Gasteiger partial charge in [-0.2, -0.15) is 5.26 Å². The molecule has 108 valence electrons. The molecule has 0 aliphatic rings. The normalized spacial score (nSPS) is 10.1. The highest BCUT2D eigenvalue weighted by atomic mass is 16.5. The standard InChI is InChI=1S/C17H19N3O/c1-3-6-19-10-14-7-15(12-20-11-14)16-8-13(9-18)4-5-17(16)21-2/h4-5,7-8,11-12,19H,3,6,10H2,1-2H3. The SMILES string of the molecule is CCCNCc1cncc(-c2cc(C#N)ccc2OC)c1. The van der Waals surface area contributed by atoms with E-state index in [0.717, 1.165) is 42.0 Å². The predicted molar refractivity (Wildman–Crippen MR) is 82.9 cm³/mol. The largest absolute Gasteiger partial charge is 0.496 e. The number of hydrogen-bond acceptors (Lipinski definition) is 4. The van der Waals surface area contributed by atoms with Gasteiger partial charge in [0.05, 0.1) is 18.7 Å². The second-order valence-corrected chi connectivity index (χ2v) is 4.79. The van der Waals surface area contributed by atoms with Gasteiger partial charge in [-0.05, 0) is 42.8 Å².